The number of rotatable bonds is 3. The van der Waals surface area contributed by atoms with Crippen LogP contribution in [0.5, 0.6) is 5.75 Å². The molecule has 0 atom stereocenters. The summed E-state index contributed by atoms with van der Waals surface area (Å²) in [5.41, 5.74) is 0.705. The normalized spacial score (nSPS) is 16.7. The number of benzene rings is 1. The molecule has 94 valence electrons. The second-order valence-electron chi connectivity index (χ2n) is 4.36. The van der Waals surface area contributed by atoms with Crippen LogP contribution in [0.1, 0.15) is 24.8 Å². The van der Waals surface area contributed by atoms with Crippen molar-refractivity contribution in [3.05, 3.63) is 29.8 Å². The zero-order valence-corrected chi connectivity index (χ0v) is 10.2. The van der Waals surface area contributed by atoms with Crippen LogP contribution in [0, 0.1) is 11.3 Å². The molecule has 0 saturated heterocycles. The summed E-state index contributed by atoms with van der Waals surface area (Å²) in [7, 11) is 1.56. The lowest BCUT2D eigenvalue weighted by Gasteiger charge is -2.20. The third-order valence-corrected chi connectivity index (χ3v) is 3.18. The van der Waals surface area contributed by atoms with Gasteiger partial charge in [-0.3, -0.25) is 9.59 Å². The average molecular weight is 245 g/mol. The summed E-state index contributed by atoms with van der Waals surface area (Å²) in [6.07, 6.45) is 1.41. The molecule has 0 radical (unpaired) electrons. The van der Waals surface area contributed by atoms with E-state index in [2.05, 4.69) is 0 Å². The van der Waals surface area contributed by atoms with Crippen LogP contribution in [-0.4, -0.2) is 24.4 Å². The number of nitrogens with one attached hydrogen (secondary N) is 1. The summed E-state index contributed by atoms with van der Waals surface area (Å²) in [6.45, 7) is 0. The molecule has 1 saturated carbocycles. The summed E-state index contributed by atoms with van der Waals surface area (Å²) in [4.78, 5) is 23.5. The fourth-order valence-corrected chi connectivity index (χ4v) is 2.16. The van der Waals surface area contributed by atoms with Crippen molar-refractivity contribution in [1.29, 1.82) is 5.41 Å². The second kappa shape index (κ2) is 5.12. The maximum atomic E-state index is 11.8. The van der Waals surface area contributed by atoms with E-state index in [0.717, 1.165) is 0 Å². The SMILES string of the molecule is COc1ccc(C(=N)C2C(=O)CCCC2=O)cc1. The van der Waals surface area contributed by atoms with Gasteiger partial charge in [-0.2, -0.15) is 0 Å². The van der Waals surface area contributed by atoms with E-state index in [4.69, 9.17) is 10.1 Å². The molecule has 1 N–H and O–H groups in total. The van der Waals surface area contributed by atoms with Gasteiger partial charge in [0.05, 0.1) is 12.8 Å². The number of carbonyl (C=O) groups excluding carboxylic acids is 2. The van der Waals surface area contributed by atoms with E-state index in [1.165, 1.54) is 0 Å². The number of methoxy groups -OCH3 is 1. The van der Waals surface area contributed by atoms with Gasteiger partial charge in [0.25, 0.3) is 0 Å². The van der Waals surface area contributed by atoms with Gasteiger partial charge in [-0.15, -0.1) is 0 Å². The highest BCUT2D eigenvalue weighted by molar-refractivity contribution is 6.25. The Morgan fingerprint density at radius 3 is 2.22 bits per heavy atom. The number of hydrogen-bond donors (Lipinski definition) is 1. The lowest BCUT2D eigenvalue weighted by atomic mass is 9.81. The third-order valence-electron chi connectivity index (χ3n) is 3.18. The average Bonchev–Trinajstić information content (AvgIpc) is 2.38. The quantitative estimate of drug-likeness (QED) is 0.654. The monoisotopic (exact) mass is 245 g/mol. The topological polar surface area (TPSA) is 67.2 Å². The number of hydrogen-bond acceptors (Lipinski definition) is 4. The van der Waals surface area contributed by atoms with Crippen molar-refractivity contribution in [3.63, 3.8) is 0 Å². The molecular formula is C14H15NO3. The molecule has 1 aromatic carbocycles. The van der Waals surface area contributed by atoms with Crippen molar-refractivity contribution in [2.24, 2.45) is 5.92 Å². The van der Waals surface area contributed by atoms with Gasteiger partial charge in [0.15, 0.2) is 0 Å². The van der Waals surface area contributed by atoms with Crippen LogP contribution in [0.2, 0.25) is 0 Å². The summed E-state index contributed by atoms with van der Waals surface area (Å²) in [6, 6.07) is 6.86. The first-order valence-corrected chi connectivity index (χ1v) is 5.92. The van der Waals surface area contributed by atoms with Crippen molar-refractivity contribution in [2.45, 2.75) is 19.3 Å². The Hall–Kier alpha value is -1.97. The Labute approximate surface area is 105 Å². The third kappa shape index (κ3) is 2.32. The molecule has 1 aliphatic carbocycles. The first-order chi connectivity index (χ1) is 8.63. The maximum absolute atomic E-state index is 11.8. The first-order valence-electron chi connectivity index (χ1n) is 5.92. The Morgan fingerprint density at radius 1 is 1.17 bits per heavy atom. The number of ketones is 2. The highest BCUT2D eigenvalue weighted by Crippen LogP contribution is 2.22. The lowest BCUT2D eigenvalue weighted by molar-refractivity contribution is -0.132. The second-order valence-corrected chi connectivity index (χ2v) is 4.36. The van der Waals surface area contributed by atoms with Crippen LogP contribution >= 0.6 is 0 Å². The van der Waals surface area contributed by atoms with Crippen molar-refractivity contribution in [3.8, 4) is 5.75 Å². The minimum absolute atomic E-state index is 0.104. The van der Waals surface area contributed by atoms with Crippen LogP contribution in [0.4, 0.5) is 0 Å². The zero-order chi connectivity index (χ0) is 13.1. The van der Waals surface area contributed by atoms with E-state index in [1.54, 1.807) is 31.4 Å². The minimum atomic E-state index is -0.868. The van der Waals surface area contributed by atoms with Crippen molar-refractivity contribution in [2.75, 3.05) is 7.11 Å². The fraction of sp³-hybridized carbons (Fsp3) is 0.357. The zero-order valence-electron chi connectivity index (χ0n) is 10.2. The van der Waals surface area contributed by atoms with E-state index in [-0.39, 0.29) is 17.3 Å². The number of Topliss-reactive ketones (excluding diaryl/α,β-unsaturated/α-hetero) is 2. The molecule has 4 heteroatoms. The molecule has 0 bridgehead atoms. The van der Waals surface area contributed by atoms with E-state index >= 15 is 0 Å². The standard InChI is InChI=1S/C14H15NO3/c1-18-10-7-5-9(6-8-10)14(15)13-11(16)3-2-4-12(13)17/h5-8,13,15H,2-4H2,1H3. The van der Waals surface area contributed by atoms with E-state index in [0.29, 0.717) is 30.6 Å². The maximum Gasteiger partial charge on any atom is 0.149 e. The Morgan fingerprint density at radius 2 is 1.72 bits per heavy atom. The predicted octanol–water partition coefficient (Wildman–Crippen LogP) is 2.00. The van der Waals surface area contributed by atoms with Crippen LogP contribution in [0.25, 0.3) is 0 Å². The largest absolute Gasteiger partial charge is 0.497 e. The van der Waals surface area contributed by atoms with Gasteiger partial charge < -0.3 is 10.1 Å². The van der Waals surface area contributed by atoms with Crippen molar-refractivity contribution >= 4 is 17.3 Å². The molecule has 0 amide bonds. The summed E-state index contributed by atoms with van der Waals surface area (Å²) in [5, 5.41) is 8.03. The molecule has 0 unspecified atom stereocenters. The Kier molecular flexibility index (Phi) is 3.55. The molecule has 18 heavy (non-hydrogen) atoms. The molecule has 1 aromatic rings. The molecule has 0 aliphatic heterocycles. The molecular weight excluding hydrogens is 230 g/mol. The molecule has 2 rings (SSSR count). The summed E-state index contributed by atoms with van der Waals surface area (Å²) >= 11 is 0. The fourth-order valence-electron chi connectivity index (χ4n) is 2.16. The van der Waals surface area contributed by atoms with Gasteiger partial charge >= 0.3 is 0 Å². The Balaban J connectivity index is 2.23. The molecule has 0 spiro atoms. The van der Waals surface area contributed by atoms with Gasteiger partial charge in [0.2, 0.25) is 0 Å². The van der Waals surface area contributed by atoms with Crippen LogP contribution in [-0.2, 0) is 9.59 Å². The van der Waals surface area contributed by atoms with Gasteiger partial charge in [-0.25, -0.2) is 0 Å². The molecule has 1 fully saturated rings. The van der Waals surface area contributed by atoms with Gasteiger partial charge in [0.1, 0.15) is 23.2 Å². The van der Waals surface area contributed by atoms with Gasteiger partial charge in [-0.1, -0.05) is 0 Å². The first kappa shape index (κ1) is 12.5. The molecule has 0 heterocycles. The van der Waals surface area contributed by atoms with Gasteiger partial charge in [-0.05, 0) is 36.2 Å². The van der Waals surface area contributed by atoms with Crippen molar-refractivity contribution in [1.82, 2.24) is 0 Å². The van der Waals surface area contributed by atoms with Gasteiger partial charge in [0, 0.05) is 12.8 Å². The summed E-state index contributed by atoms with van der Waals surface area (Å²) in [5.74, 6) is -0.445. The summed E-state index contributed by atoms with van der Waals surface area (Å²) < 4.78 is 5.03. The highest BCUT2D eigenvalue weighted by Gasteiger charge is 2.33. The van der Waals surface area contributed by atoms with Crippen LogP contribution < -0.4 is 4.74 Å². The van der Waals surface area contributed by atoms with Crippen molar-refractivity contribution < 1.29 is 14.3 Å². The molecule has 4 nitrogen and oxygen atoms in total. The van der Waals surface area contributed by atoms with E-state index in [1.807, 2.05) is 0 Å². The van der Waals surface area contributed by atoms with E-state index in [9.17, 15) is 9.59 Å². The smallest absolute Gasteiger partial charge is 0.149 e. The van der Waals surface area contributed by atoms with Crippen LogP contribution in [0.15, 0.2) is 24.3 Å². The van der Waals surface area contributed by atoms with Crippen LogP contribution in [0.3, 0.4) is 0 Å². The number of carbonyl (C=O) groups is 2. The highest BCUT2D eigenvalue weighted by atomic mass is 16.5. The van der Waals surface area contributed by atoms with E-state index < -0.39 is 5.92 Å². The lowest BCUT2D eigenvalue weighted by Crippen LogP contribution is -2.35. The Bertz CT molecular complexity index is 474. The number of ether oxygens (including phenoxy) is 1. The molecule has 1 aliphatic rings. The predicted molar refractivity (Wildman–Crippen MR) is 67.2 cm³/mol. The minimum Gasteiger partial charge on any atom is -0.497 e. The molecule has 0 aromatic heterocycles.